The molecule has 21 heavy (non-hydrogen) atoms. The van der Waals surface area contributed by atoms with Gasteiger partial charge in [0.15, 0.2) is 5.76 Å². The Morgan fingerprint density at radius 2 is 2.10 bits per heavy atom. The van der Waals surface area contributed by atoms with Crippen molar-refractivity contribution in [2.24, 2.45) is 0 Å². The summed E-state index contributed by atoms with van der Waals surface area (Å²) in [7, 11) is 0. The first-order valence-electron chi connectivity index (χ1n) is 6.79. The highest BCUT2D eigenvalue weighted by atomic mass is 79.9. The maximum absolute atomic E-state index is 12.5. The van der Waals surface area contributed by atoms with Crippen LogP contribution in [0.1, 0.15) is 29.8 Å². The number of nitrogens with zero attached hydrogens (tertiary/aromatic N) is 1. The van der Waals surface area contributed by atoms with Crippen molar-refractivity contribution >= 4 is 38.8 Å². The van der Waals surface area contributed by atoms with Crippen LogP contribution in [0.3, 0.4) is 0 Å². The van der Waals surface area contributed by atoms with E-state index in [9.17, 15) is 14.7 Å². The molecule has 1 atom stereocenters. The van der Waals surface area contributed by atoms with Crippen LogP contribution in [-0.4, -0.2) is 34.5 Å². The van der Waals surface area contributed by atoms with Gasteiger partial charge in [-0.3, -0.25) is 4.79 Å². The molecule has 1 aromatic heterocycles. The maximum atomic E-state index is 12.5. The van der Waals surface area contributed by atoms with Gasteiger partial charge in [-0.25, -0.2) is 4.79 Å². The molecule has 1 saturated heterocycles. The second kappa shape index (κ2) is 5.52. The third-order valence-corrected chi connectivity index (χ3v) is 4.23. The number of hydrogen-bond acceptors (Lipinski definition) is 3. The van der Waals surface area contributed by atoms with Gasteiger partial charge in [-0.15, -0.1) is 0 Å². The van der Waals surface area contributed by atoms with Gasteiger partial charge in [0.2, 0.25) is 0 Å². The Balaban J connectivity index is 1.93. The molecule has 1 aromatic carbocycles. The third kappa shape index (κ3) is 2.68. The van der Waals surface area contributed by atoms with Crippen LogP contribution in [0.4, 0.5) is 0 Å². The minimum absolute atomic E-state index is 0.191. The molecule has 0 bridgehead atoms. The Labute approximate surface area is 129 Å². The summed E-state index contributed by atoms with van der Waals surface area (Å²) in [4.78, 5) is 25.2. The number of amides is 1. The predicted octanol–water partition coefficient (Wildman–Crippen LogP) is 3.27. The quantitative estimate of drug-likeness (QED) is 0.901. The zero-order valence-electron chi connectivity index (χ0n) is 11.2. The molecule has 2 heterocycles. The van der Waals surface area contributed by atoms with Gasteiger partial charge in [-0.05, 0) is 43.5 Å². The molecule has 1 aliphatic rings. The third-order valence-electron chi connectivity index (χ3n) is 3.74. The van der Waals surface area contributed by atoms with Gasteiger partial charge in [0.25, 0.3) is 5.91 Å². The number of furan rings is 1. The lowest BCUT2D eigenvalue weighted by Crippen LogP contribution is -2.47. The summed E-state index contributed by atoms with van der Waals surface area (Å²) >= 11 is 3.37. The number of carboxylic acids is 1. The molecule has 5 nitrogen and oxygen atoms in total. The van der Waals surface area contributed by atoms with E-state index in [1.165, 1.54) is 4.90 Å². The second-order valence-corrected chi connectivity index (χ2v) is 6.06. The second-order valence-electron chi connectivity index (χ2n) is 5.14. The number of hydrogen-bond donors (Lipinski definition) is 1. The van der Waals surface area contributed by atoms with Crippen molar-refractivity contribution in [1.82, 2.24) is 4.90 Å². The number of benzene rings is 1. The number of halogens is 1. The van der Waals surface area contributed by atoms with Gasteiger partial charge in [0, 0.05) is 16.4 Å². The maximum Gasteiger partial charge on any atom is 0.326 e. The van der Waals surface area contributed by atoms with E-state index in [0.717, 1.165) is 22.7 Å². The van der Waals surface area contributed by atoms with E-state index in [2.05, 4.69) is 15.9 Å². The van der Waals surface area contributed by atoms with Crippen molar-refractivity contribution in [2.45, 2.75) is 25.3 Å². The van der Waals surface area contributed by atoms with Crippen LogP contribution < -0.4 is 0 Å². The lowest BCUT2D eigenvalue weighted by Gasteiger charge is -2.32. The van der Waals surface area contributed by atoms with Crippen LogP contribution in [0.5, 0.6) is 0 Å². The van der Waals surface area contributed by atoms with Gasteiger partial charge in [0.05, 0.1) is 0 Å². The van der Waals surface area contributed by atoms with Crippen LogP contribution in [0, 0.1) is 0 Å². The van der Waals surface area contributed by atoms with Crippen LogP contribution in [0.15, 0.2) is 33.2 Å². The van der Waals surface area contributed by atoms with Crippen LogP contribution in [0.2, 0.25) is 0 Å². The van der Waals surface area contributed by atoms with Crippen LogP contribution in [0.25, 0.3) is 11.0 Å². The number of rotatable bonds is 2. The first-order valence-corrected chi connectivity index (χ1v) is 7.58. The molecular formula is C15H14BrNO4. The van der Waals surface area contributed by atoms with Gasteiger partial charge in [0.1, 0.15) is 11.6 Å². The molecule has 3 rings (SSSR count). The average Bonchev–Trinajstić information content (AvgIpc) is 2.89. The predicted molar refractivity (Wildman–Crippen MR) is 80.2 cm³/mol. The van der Waals surface area contributed by atoms with E-state index in [1.54, 1.807) is 12.1 Å². The highest BCUT2D eigenvalue weighted by molar-refractivity contribution is 9.10. The molecule has 1 fully saturated rings. The first-order chi connectivity index (χ1) is 10.1. The van der Waals surface area contributed by atoms with Gasteiger partial charge in [-0.2, -0.15) is 0 Å². The fraction of sp³-hybridized carbons (Fsp3) is 0.333. The smallest absolute Gasteiger partial charge is 0.326 e. The van der Waals surface area contributed by atoms with E-state index in [1.807, 2.05) is 12.1 Å². The number of carbonyl (C=O) groups is 2. The summed E-state index contributed by atoms with van der Waals surface area (Å²) in [5.74, 6) is -1.12. The summed E-state index contributed by atoms with van der Waals surface area (Å²) in [6.07, 6.45) is 2.14. The highest BCUT2D eigenvalue weighted by Gasteiger charge is 2.33. The Kier molecular flexibility index (Phi) is 3.71. The van der Waals surface area contributed by atoms with Crippen molar-refractivity contribution in [1.29, 1.82) is 0 Å². The Hall–Kier alpha value is -1.82. The number of piperidine rings is 1. The number of fused-ring (bicyclic) bond motifs is 1. The average molecular weight is 352 g/mol. The Morgan fingerprint density at radius 1 is 1.29 bits per heavy atom. The van der Waals surface area contributed by atoms with E-state index in [4.69, 9.17) is 4.42 Å². The zero-order chi connectivity index (χ0) is 15.0. The van der Waals surface area contributed by atoms with Gasteiger partial charge < -0.3 is 14.4 Å². The van der Waals surface area contributed by atoms with E-state index < -0.39 is 12.0 Å². The number of carboxylic acid groups (broad SMARTS) is 1. The summed E-state index contributed by atoms with van der Waals surface area (Å²) in [5.41, 5.74) is 0.616. The molecule has 1 aliphatic heterocycles. The molecule has 6 heteroatoms. The first kappa shape index (κ1) is 14.1. The molecule has 0 spiro atoms. The molecule has 0 saturated carbocycles. The fourth-order valence-corrected chi connectivity index (χ4v) is 3.07. The van der Waals surface area contributed by atoms with Crippen LogP contribution >= 0.6 is 15.9 Å². The topological polar surface area (TPSA) is 70.8 Å². The summed E-state index contributed by atoms with van der Waals surface area (Å²) in [5, 5.41) is 10.1. The standard InChI is InChI=1S/C15H14BrNO4/c16-10-4-5-12-9(7-10)8-13(21-12)14(18)17-6-2-1-3-11(17)15(19)20/h4-5,7-8,11H,1-3,6H2,(H,19,20). The molecular weight excluding hydrogens is 338 g/mol. The molecule has 110 valence electrons. The molecule has 0 aliphatic carbocycles. The number of carbonyl (C=O) groups excluding carboxylic acids is 1. The lowest BCUT2D eigenvalue weighted by atomic mass is 10.0. The highest BCUT2D eigenvalue weighted by Crippen LogP contribution is 2.26. The lowest BCUT2D eigenvalue weighted by molar-refractivity contribution is -0.143. The van der Waals surface area contributed by atoms with Crippen molar-refractivity contribution in [3.05, 3.63) is 34.5 Å². The van der Waals surface area contributed by atoms with Crippen molar-refractivity contribution < 1.29 is 19.1 Å². The normalized spacial score (nSPS) is 18.9. The molecule has 2 aromatic rings. The minimum Gasteiger partial charge on any atom is -0.480 e. The van der Waals surface area contributed by atoms with E-state index in [-0.39, 0.29) is 11.7 Å². The van der Waals surface area contributed by atoms with Crippen molar-refractivity contribution in [2.75, 3.05) is 6.54 Å². The monoisotopic (exact) mass is 351 g/mol. The van der Waals surface area contributed by atoms with Crippen LogP contribution in [-0.2, 0) is 4.79 Å². The zero-order valence-corrected chi connectivity index (χ0v) is 12.8. The summed E-state index contributed by atoms with van der Waals surface area (Å²) in [6, 6.07) is 6.38. The summed E-state index contributed by atoms with van der Waals surface area (Å²) in [6.45, 7) is 0.455. The molecule has 1 unspecified atom stereocenters. The number of likely N-dealkylation sites (tertiary alicyclic amines) is 1. The van der Waals surface area contributed by atoms with E-state index in [0.29, 0.717) is 18.5 Å². The Bertz CT molecular complexity index is 709. The van der Waals surface area contributed by atoms with E-state index >= 15 is 0 Å². The Morgan fingerprint density at radius 3 is 2.86 bits per heavy atom. The van der Waals surface area contributed by atoms with Crippen molar-refractivity contribution in [3.8, 4) is 0 Å². The molecule has 1 N–H and O–H groups in total. The van der Waals surface area contributed by atoms with Gasteiger partial charge >= 0.3 is 5.97 Å². The number of aliphatic carboxylic acids is 1. The van der Waals surface area contributed by atoms with Crippen molar-refractivity contribution in [3.63, 3.8) is 0 Å². The summed E-state index contributed by atoms with van der Waals surface area (Å²) < 4.78 is 6.46. The molecule has 1 amide bonds. The fourth-order valence-electron chi connectivity index (χ4n) is 2.69. The minimum atomic E-state index is -0.957. The van der Waals surface area contributed by atoms with Gasteiger partial charge in [-0.1, -0.05) is 15.9 Å². The molecule has 0 radical (unpaired) electrons. The SMILES string of the molecule is O=C(O)C1CCCCN1C(=O)c1cc2cc(Br)ccc2o1. The largest absolute Gasteiger partial charge is 0.480 e.